The van der Waals surface area contributed by atoms with Crippen LogP contribution in [0.2, 0.25) is 0 Å². The third-order valence-corrected chi connectivity index (χ3v) is 2.60. The van der Waals surface area contributed by atoms with Crippen molar-refractivity contribution in [3.05, 3.63) is 45.6 Å². The maximum absolute atomic E-state index is 4.12. The summed E-state index contributed by atoms with van der Waals surface area (Å²) in [4.78, 5) is 8.24. The van der Waals surface area contributed by atoms with Gasteiger partial charge < -0.3 is 5.32 Å². The Morgan fingerprint density at radius 2 is 1.73 bits per heavy atom. The van der Waals surface area contributed by atoms with Crippen LogP contribution in [0.5, 0.6) is 0 Å². The van der Waals surface area contributed by atoms with E-state index in [4.69, 9.17) is 0 Å². The van der Waals surface area contributed by atoms with Crippen molar-refractivity contribution in [3.63, 3.8) is 0 Å². The molecule has 0 unspecified atom stereocenters. The maximum atomic E-state index is 4.12. The Morgan fingerprint density at radius 3 is 2.40 bits per heavy atom. The molecule has 0 saturated heterocycles. The molecule has 1 N–H and O–H groups in total. The molecule has 2 rings (SSSR count). The number of halogens is 2. The average molecular weight is 329 g/mol. The number of hydrogen-bond donors (Lipinski definition) is 1. The van der Waals surface area contributed by atoms with Crippen LogP contribution in [-0.4, -0.2) is 9.97 Å². The van der Waals surface area contributed by atoms with Gasteiger partial charge in [-0.05, 0) is 34.1 Å². The first-order valence-corrected chi connectivity index (χ1v) is 5.83. The van der Waals surface area contributed by atoms with E-state index in [-0.39, 0.29) is 0 Å². The van der Waals surface area contributed by atoms with E-state index in [1.807, 2.05) is 24.3 Å². The van der Waals surface area contributed by atoms with Crippen molar-refractivity contribution in [3.8, 4) is 0 Å². The SMILES string of the molecule is Brc1cnc(Nc2cccc(Br)c2)nc1. The molecular weight excluding hydrogens is 322 g/mol. The molecule has 0 amide bonds. The number of benzene rings is 1. The van der Waals surface area contributed by atoms with Crippen molar-refractivity contribution in [1.82, 2.24) is 9.97 Å². The predicted octanol–water partition coefficient (Wildman–Crippen LogP) is 3.75. The topological polar surface area (TPSA) is 37.8 Å². The van der Waals surface area contributed by atoms with Crippen LogP contribution in [0, 0.1) is 0 Å². The highest BCUT2D eigenvalue weighted by Crippen LogP contribution is 2.18. The second-order valence-electron chi connectivity index (χ2n) is 2.86. The fourth-order valence-corrected chi connectivity index (χ4v) is 1.68. The second-order valence-corrected chi connectivity index (χ2v) is 4.69. The first-order chi connectivity index (χ1) is 7.24. The van der Waals surface area contributed by atoms with E-state index in [2.05, 4.69) is 47.1 Å². The number of anilines is 2. The minimum Gasteiger partial charge on any atom is -0.324 e. The summed E-state index contributed by atoms with van der Waals surface area (Å²) < 4.78 is 1.88. The Hall–Kier alpha value is -0.940. The summed E-state index contributed by atoms with van der Waals surface area (Å²) >= 11 is 6.68. The third kappa shape index (κ3) is 3.00. The van der Waals surface area contributed by atoms with Crippen LogP contribution in [0.3, 0.4) is 0 Å². The van der Waals surface area contributed by atoms with Crippen LogP contribution in [0.4, 0.5) is 11.6 Å². The Labute approximate surface area is 104 Å². The van der Waals surface area contributed by atoms with Crippen molar-refractivity contribution >= 4 is 43.5 Å². The van der Waals surface area contributed by atoms with E-state index in [9.17, 15) is 0 Å². The van der Waals surface area contributed by atoms with Gasteiger partial charge >= 0.3 is 0 Å². The molecule has 0 aliphatic carbocycles. The zero-order valence-electron chi connectivity index (χ0n) is 7.61. The summed E-state index contributed by atoms with van der Waals surface area (Å²) in [7, 11) is 0. The fourth-order valence-electron chi connectivity index (χ4n) is 1.07. The van der Waals surface area contributed by atoms with Gasteiger partial charge in [-0.15, -0.1) is 0 Å². The number of nitrogens with one attached hydrogen (secondary N) is 1. The molecule has 0 aliphatic heterocycles. The Balaban J connectivity index is 2.18. The molecule has 0 saturated carbocycles. The smallest absolute Gasteiger partial charge is 0.227 e. The number of hydrogen-bond acceptors (Lipinski definition) is 3. The highest BCUT2D eigenvalue weighted by atomic mass is 79.9. The van der Waals surface area contributed by atoms with Crippen molar-refractivity contribution in [1.29, 1.82) is 0 Å². The average Bonchev–Trinajstić information content (AvgIpc) is 2.22. The van der Waals surface area contributed by atoms with Crippen LogP contribution in [0.1, 0.15) is 0 Å². The van der Waals surface area contributed by atoms with E-state index in [1.54, 1.807) is 12.4 Å². The molecular formula is C10H7Br2N3. The van der Waals surface area contributed by atoms with Crippen molar-refractivity contribution in [2.45, 2.75) is 0 Å². The summed E-state index contributed by atoms with van der Waals surface area (Å²) in [6.07, 6.45) is 3.40. The van der Waals surface area contributed by atoms with E-state index in [0.717, 1.165) is 14.6 Å². The Morgan fingerprint density at radius 1 is 1.00 bits per heavy atom. The maximum Gasteiger partial charge on any atom is 0.227 e. The van der Waals surface area contributed by atoms with Crippen LogP contribution < -0.4 is 5.32 Å². The van der Waals surface area contributed by atoms with Gasteiger partial charge in [0.1, 0.15) is 0 Å². The van der Waals surface area contributed by atoms with Gasteiger partial charge in [-0.3, -0.25) is 0 Å². The molecule has 0 radical (unpaired) electrons. The zero-order chi connectivity index (χ0) is 10.7. The molecule has 1 aromatic heterocycles. The van der Waals surface area contributed by atoms with Crippen LogP contribution in [0.15, 0.2) is 45.6 Å². The minimum atomic E-state index is 0.580. The molecule has 3 nitrogen and oxygen atoms in total. The summed E-state index contributed by atoms with van der Waals surface area (Å²) in [5.41, 5.74) is 0.951. The van der Waals surface area contributed by atoms with Crippen molar-refractivity contribution < 1.29 is 0 Å². The lowest BCUT2D eigenvalue weighted by atomic mass is 10.3. The number of rotatable bonds is 2. The van der Waals surface area contributed by atoms with Gasteiger partial charge in [0.05, 0.1) is 4.47 Å². The summed E-state index contributed by atoms with van der Waals surface area (Å²) in [6, 6.07) is 7.83. The molecule has 0 atom stereocenters. The molecule has 0 fully saturated rings. The normalized spacial score (nSPS) is 10.0. The molecule has 0 bridgehead atoms. The standard InChI is InChI=1S/C10H7Br2N3/c11-7-2-1-3-9(4-7)15-10-13-5-8(12)6-14-10/h1-6H,(H,13,14,15). The zero-order valence-corrected chi connectivity index (χ0v) is 10.8. The molecule has 2 aromatic rings. The fraction of sp³-hybridized carbons (Fsp3) is 0. The van der Waals surface area contributed by atoms with E-state index < -0.39 is 0 Å². The monoisotopic (exact) mass is 327 g/mol. The van der Waals surface area contributed by atoms with E-state index >= 15 is 0 Å². The summed E-state index contributed by atoms with van der Waals surface area (Å²) in [6.45, 7) is 0. The van der Waals surface area contributed by atoms with E-state index in [1.165, 1.54) is 0 Å². The van der Waals surface area contributed by atoms with Gasteiger partial charge in [0.2, 0.25) is 5.95 Å². The lowest BCUT2D eigenvalue weighted by Gasteiger charge is -2.04. The Bertz CT molecular complexity index is 456. The van der Waals surface area contributed by atoms with Gasteiger partial charge in [0, 0.05) is 22.6 Å². The molecule has 1 heterocycles. The van der Waals surface area contributed by atoms with Gasteiger partial charge in [0.15, 0.2) is 0 Å². The predicted molar refractivity (Wildman–Crippen MR) is 67.2 cm³/mol. The van der Waals surface area contributed by atoms with Crippen molar-refractivity contribution in [2.75, 3.05) is 5.32 Å². The van der Waals surface area contributed by atoms with Gasteiger partial charge in [-0.25, -0.2) is 9.97 Å². The van der Waals surface area contributed by atoms with Gasteiger partial charge in [0.25, 0.3) is 0 Å². The van der Waals surface area contributed by atoms with Gasteiger partial charge in [-0.2, -0.15) is 0 Å². The van der Waals surface area contributed by atoms with E-state index in [0.29, 0.717) is 5.95 Å². The largest absolute Gasteiger partial charge is 0.324 e. The third-order valence-electron chi connectivity index (χ3n) is 1.70. The number of nitrogens with zero attached hydrogens (tertiary/aromatic N) is 2. The molecule has 0 spiro atoms. The first-order valence-electron chi connectivity index (χ1n) is 4.24. The summed E-state index contributed by atoms with van der Waals surface area (Å²) in [5.74, 6) is 0.580. The van der Waals surface area contributed by atoms with Crippen LogP contribution in [0.25, 0.3) is 0 Å². The number of aromatic nitrogens is 2. The molecule has 76 valence electrons. The van der Waals surface area contributed by atoms with Crippen LogP contribution in [-0.2, 0) is 0 Å². The lowest BCUT2D eigenvalue weighted by molar-refractivity contribution is 1.15. The summed E-state index contributed by atoms with van der Waals surface area (Å²) in [5, 5.41) is 3.10. The molecule has 1 aromatic carbocycles. The highest BCUT2D eigenvalue weighted by molar-refractivity contribution is 9.10. The van der Waals surface area contributed by atoms with Gasteiger partial charge in [-0.1, -0.05) is 22.0 Å². The van der Waals surface area contributed by atoms with Crippen molar-refractivity contribution in [2.24, 2.45) is 0 Å². The molecule has 5 heteroatoms. The Kier molecular flexibility index (Phi) is 3.33. The molecule has 0 aliphatic rings. The quantitative estimate of drug-likeness (QED) is 0.912. The highest BCUT2D eigenvalue weighted by Gasteiger charge is 1.97. The first kappa shape index (κ1) is 10.6. The minimum absolute atomic E-state index is 0.580. The lowest BCUT2D eigenvalue weighted by Crippen LogP contribution is -1.95. The van der Waals surface area contributed by atoms with Crippen LogP contribution >= 0.6 is 31.9 Å². The second kappa shape index (κ2) is 4.72. The molecule has 15 heavy (non-hydrogen) atoms.